The van der Waals surface area contributed by atoms with Crippen molar-refractivity contribution in [3.8, 4) is 11.4 Å². The first-order valence-electron chi connectivity index (χ1n) is 7.80. The van der Waals surface area contributed by atoms with Crippen LogP contribution in [0.1, 0.15) is 10.4 Å². The number of nitrogens with two attached hydrogens (primary N) is 2. The van der Waals surface area contributed by atoms with Gasteiger partial charge in [0.2, 0.25) is 0 Å². The maximum Gasteiger partial charge on any atom is 0.573 e. The van der Waals surface area contributed by atoms with Crippen LogP contribution in [-0.4, -0.2) is 24.0 Å². The second kappa shape index (κ2) is 6.80. The highest BCUT2D eigenvalue weighted by Gasteiger charge is 2.31. The molecular weight excluding hydrogens is 379 g/mol. The Morgan fingerprint density at radius 3 is 2.29 bits per heavy atom. The molecule has 4 N–H and O–H groups in total. The third kappa shape index (κ3) is 3.43. The lowest BCUT2D eigenvalue weighted by molar-refractivity contribution is -0.274. The maximum absolute atomic E-state index is 13.0. The smallest absolute Gasteiger partial charge is 0.465 e. The van der Waals surface area contributed by atoms with E-state index in [9.17, 15) is 22.8 Å². The zero-order valence-electron chi connectivity index (χ0n) is 14.4. The Balaban J connectivity index is 2.41. The molecule has 7 nitrogen and oxygen atoms in total. The van der Waals surface area contributed by atoms with Crippen LogP contribution in [-0.2, 0) is 4.74 Å². The third-order valence-electron chi connectivity index (χ3n) is 3.96. The monoisotopic (exact) mass is 393 g/mol. The average Bonchev–Trinajstić information content (AvgIpc) is 2.61. The number of halogens is 3. The number of nitrogen functional groups attached to an aromatic ring is 2. The summed E-state index contributed by atoms with van der Waals surface area (Å²) in [5.41, 5.74) is 10.8. The van der Waals surface area contributed by atoms with Gasteiger partial charge in [0.1, 0.15) is 11.3 Å². The molecule has 0 aliphatic heterocycles. The Labute approximate surface area is 155 Å². The van der Waals surface area contributed by atoms with Crippen LogP contribution in [0, 0.1) is 0 Å². The summed E-state index contributed by atoms with van der Waals surface area (Å²) < 4.78 is 47.4. The Bertz CT molecular complexity index is 1120. The Morgan fingerprint density at radius 1 is 1.07 bits per heavy atom. The van der Waals surface area contributed by atoms with E-state index in [0.29, 0.717) is 5.69 Å². The van der Waals surface area contributed by atoms with Gasteiger partial charge < -0.3 is 20.9 Å². The number of pyridine rings is 1. The molecule has 0 fully saturated rings. The molecule has 0 aliphatic rings. The summed E-state index contributed by atoms with van der Waals surface area (Å²) in [7, 11) is 1.08. The fourth-order valence-corrected chi connectivity index (χ4v) is 2.77. The molecule has 3 aromatic rings. The maximum atomic E-state index is 13.0. The summed E-state index contributed by atoms with van der Waals surface area (Å²) in [6, 6.07) is 9.22. The molecule has 2 aromatic carbocycles. The Kier molecular flexibility index (Phi) is 4.63. The van der Waals surface area contributed by atoms with Crippen molar-refractivity contribution in [3.05, 3.63) is 58.4 Å². The largest absolute Gasteiger partial charge is 0.573 e. The molecule has 0 aliphatic carbocycles. The second-order valence-electron chi connectivity index (χ2n) is 5.74. The molecule has 0 saturated heterocycles. The summed E-state index contributed by atoms with van der Waals surface area (Å²) in [4.78, 5) is 25.1. The minimum Gasteiger partial charge on any atom is -0.465 e. The van der Waals surface area contributed by atoms with Crippen molar-refractivity contribution >= 4 is 28.2 Å². The van der Waals surface area contributed by atoms with Gasteiger partial charge in [0.25, 0.3) is 5.56 Å². The van der Waals surface area contributed by atoms with Crippen LogP contribution < -0.4 is 21.8 Å². The normalized spacial score (nSPS) is 11.4. The molecule has 1 aromatic heterocycles. The van der Waals surface area contributed by atoms with Crippen LogP contribution in [0.3, 0.4) is 0 Å². The molecule has 1 heterocycles. The number of esters is 1. The van der Waals surface area contributed by atoms with Gasteiger partial charge in [-0.2, -0.15) is 0 Å². The number of alkyl halides is 3. The van der Waals surface area contributed by atoms with E-state index in [2.05, 4.69) is 9.47 Å². The van der Waals surface area contributed by atoms with E-state index in [1.807, 2.05) is 0 Å². The fraction of sp³-hybridized carbons (Fsp3) is 0.111. The molecule has 0 bridgehead atoms. The van der Waals surface area contributed by atoms with Gasteiger partial charge in [0.05, 0.1) is 18.3 Å². The zero-order chi connectivity index (χ0) is 20.6. The standard InChI is InChI=1S/C18H14F3N3O4/c1-27-17(26)14-15(23)12-7-6-11(28-18(19,20)21)8-13(12)24(16(14)25)10-4-2-9(22)3-5-10/h2-8H,22-23H2,1H3. The highest BCUT2D eigenvalue weighted by molar-refractivity contribution is 6.04. The minimum absolute atomic E-state index is 0.0154. The van der Waals surface area contributed by atoms with Crippen LogP contribution in [0.15, 0.2) is 47.3 Å². The van der Waals surface area contributed by atoms with Crippen molar-refractivity contribution in [2.24, 2.45) is 0 Å². The summed E-state index contributed by atoms with van der Waals surface area (Å²) >= 11 is 0. The van der Waals surface area contributed by atoms with Gasteiger partial charge >= 0.3 is 12.3 Å². The van der Waals surface area contributed by atoms with Gasteiger partial charge in [0.15, 0.2) is 0 Å². The number of aromatic nitrogens is 1. The number of fused-ring (bicyclic) bond motifs is 1. The van der Waals surface area contributed by atoms with E-state index in [-0.39, 0.29) is 22.3 Å². The molecule has 0 unspecified atom stereocenters. The second-order valence-corrected chi connectivity index (χ2v) is 5.74. The number of anilines is 2. The summed E-state index contributed by atoms with van der Waals surface area (Å²) in [6.45, 7) is 0. The van der Waals surface area contributed by atoms with Crippen molar-refractivity contribution in [2.75, 3.05) is 18.6 Å². The van der Waals surface area contributed by atoms with Gasteiger partial charge in [-0.05, 0) is 36.4 Å². The average molecular weight is 393 g/mol. The fourth-order valence-electron chi connectivity index (χ4n) is 2.77. The third-order valence-corrected chi connectivity index (χ3v) is 3.96. The molecule has 10 heteroatoms. The van der Waals surface area contributed by atoms with Gasteiger partial charge in [-0.3, -0.25) is 9.36 Å². The van der Waals surface area contributed by atoms with Crippen LogP contribution in [0.5, 0.6) is 5.75 Å². The zero-order valence-corrected chi connectivity index (χ0v) is 14.4. The SMILES string of the molecule is COC(=O)c1c(N)c2ccc(OC(F)(F)F)cc2n(-c2ccc(N)cc2)c1=O. The van der Waals surface area contributed by atoms with Crippen LogP contribution >= 0.6 is 0 Å². The molecule has 146 valence electrons. The van der Waals surface area contributed by atoms with E-state index in [4.69, 9.17) is 11.5 Å². The number of methoxy groups -OCH3 is 1. The van der Waals surface area contributed by atoms with Crippen molar-refractivity contribution < 1.29 is 27.4 Å². The highest BCUT2D eigenvalue weighted by atomic mass is 19.4. The first-order valence-corrected chi connectivity index (χ1v) is 7.80. The lowest BCUT2D eigenvalue weighted by Crippen LogP contribution is -2.28. The van der Waals surface area contributed by atoms with Gasteiger partial charge in [-0.1, -0.05) is 0 Å². The Hall–Kier alpha value is -3.69. The van der Waals surface area contributed by atoms with Crippen LogP contribution in [0.25, 0.3) is 16.6 Å². The van der Waals surface area contributed by atoms with Crippen molar-refractivity contribution in [1.82, 2.24) is 4.57 Å². The molecule has 28 heavy (non-hydrogen) atoms. The number of ether oxygens (including phenoxy) is 2. The van der Waals surface area contributed by atoms with Crippen molar-refractivity contribution in [3.63, 3.8) is 0 Å². The summed E-state index contributed by atoms with van der Waals surface area (Å²) in [5.74, 6) is -1.52. The lowest BCUT2D eigenvalue weighted by atomic mass is 10.1. The number of benzene rings is 2. The number of nitrogens with zero attached hydrogens (tertiary/aromatic N) is 1. The topological polar surface area (TPSA) is 110 Å². The van der Waals surface area contributed by atoms with Crippen molar-refractivity contribution in [1.29, 1.82) is 0 Å². The lowest BCUT2D eigenvalue weighted by Gasteiger charge is -2.17. The van der Waals surface area contributed by atoms with Gasteiger partial charge in [-0.15, -0.1) is 13.2 Å². The van der Waals surface area contributed by atoms with Gasteiger partial charge in [-0.25, -0.2) is 4.79 Å². The number of rotatable bonds is 3. The van der Waals surface area contributed by atoms with Crippen LogP contribution in [0.2, 0.25) is 0 Å². The summed E-state index contributed by atoms with van der Waals surface area (Å²) in [5, 5.41) is 0.173. The first kappa shape index (κ1) is 19.1. The molecule has 3 rings (SSSR count). The number of carbonyl (C=O) groups excluding carboxylic acids is 1. The highest BCUT2D eigenvalue weighted by Crippen LogP contribution is 2.31. The predicted octanol–water partition coefficient (Wildman–Crippen LogP) is 2.84. The molecule has 0 atom stereocenters. The van der Waals surface area contributed by atoms with E-state index in [1.54, 1.807) is 0 Å². The van der Waals surface area contributed by atoms with E-state index >= 15 is 0 Å². The van der Waals surface area contributed by atoms with E-state index in [0.717, 1.165) is 23.8 Å². The summed E-state index contributed by atoms with van der Waals surface area (Å²) in [6.07, 6.45) is -4.92. The van der Waals surface area contributed by atoms with E-state index in [1.165, 1.54) is 30.3 Å². The number of carbonyl (C=O) groups is 1. The quantitative estimate of drug-likeness (QED) is 0.523. The predicted molar refractivity (Wildman–Crippen MR) is 96.4 cm³/mol. The molecule has 0 amide bonds. The van der Waals surface area contributed by atoms with Gasteiger partial charge in [0, 0.05) is 22.8 Å². The van der Waals surface area contributed by atoms with E-state index < -0.39 is 29.2 Å². The number of hydrogen-bond donors (Lipinski definition) is 2. The minimum atomic E-state index is -4.92. The van der Waals surface area contributed by atoms with Crippen LogP contribution in [0.4, 0.5) is 24.5 Å². The number of hydrogen-bond acceptors (Lipinski definition) is 6. The molecular formula is C18H14F3N3O4. The molecule has 0 spiro atoms. The Morgan fingerprint density at radius 2 is 1.71 bits per heavy atom. The molecule has 0 radical (unpaired) electrons. The molecule has 0 saturated carbocycles. The first-order chi connectivity index (χ1) is 13.1. The van der Waals surface area contributed by atoms with Crippen molar-refractivity contribution in [2.45, 2.75) is 6.36 Å².